The minimum absolute atomic E-state index is 0.117. The molecule has 1 heterocycles. The van der Waals surface area contributed by atoms with Gasteiger partial charge in [-0.2, -0.15) is 0 Å². The topological polar surface area (TPSA) is 92.9 Å². The second-order valence-electron chi connectivity index (χ2n) is 7.39. The molecule has 2 aromatic rings. The average Bonchev–Trinajstić information content (AvgIpc) is 3.12. The summed E-state index contributed by atoms with van der Waals surface area (Å²) in [6.45, 7) is 8.20. The van der Waals surface area contributed by atoms with Crippen molar-refractivity contribution in [1.82, 2.24) is 25.5 Å². The number of aliphatic hydroxyl groups excluding tert-OH is 1. The number of carbonyl (C=O) groups is 1. The Morgan fingerprint density at radius 3 is 2.52 bits per heavy atom. The normalized spacial score (nSPS) is 14.3. The predicted molar refractivity (Wildman–Crippen MR) is 94.6 cm³/mol. The van der Waals surface area contributed by atoms with E-state index < -0.39 is 17.6 Å². The molecule has 1 aromatic carbocycles. The van der Waals surface area contributed by atoms with Gasteiger partial charge in [0.05, 0.1) is 6.10 Å². The van der Waals surface area contributed by atoms with Gasteiger partial charge in [0, 0.05) is 18.4 Å². The molecule has 2 unspecified atom stereocenters. The fourth-order valence-corrected chi connectivity index (χ4v) is 2.89. The Kier molecular flexibility index (Phi) is 6.25. The summed E-state index contributed by atoms with van der Waals surface area (Å²) in [6.07, 6.45) is 1.43. The molecule has 0 bridgehead atoms. The van der Waals surface area contributed by atoms with Gasteiger partial charge in [0.25, 0.3) is 0 Å². The van der Waals surface area contributed by atoms with Crippen molar-refractivity contribution in [2.45, 2.75) is 46.3 Å². The monoisotopic (exact) mass is 345 g/mol. The second kappa shape index (κ2) is 8.20. The van der Waals surface area contributed by atoms with E-state index in [9.17, 15) is 9.90 Å². The van der Waals surface area contributed by atoms with Crippen LogP contribution in [-0.2, 0) is 11.2 Å². The van der Waals surface area contributed by atoms with Crippen LogP contribution in [0.5, 0.6) is 0 Å². The first-order chi connectivity index (χ1) is 11.8. The number of hydrogen-bond donors (Lipinski definition) is 2. The van der Waals surface area contributed by atoms with Crippen molar-refractivity contribution in [3.63, 3.8) is 0 Å². The number of nitrogens with zero attached hydrogens (tertiary/aromatic N) is 4. The first kappa shape index (κ1) is 19.1. The van der Waals surface area contributed by atoms with E-state index in [1.807, 2.05) is 58.0 Å². The largest absolute Gasteiger partial charge is 0.392 e. The number of carbonyl (C=O) groups excluding carboxylic acids is 1. The van der Waals surface area contributed by atoms with Gasteiger partial charge in [-0.25, -0.2) is 4.68 Å². The SMILES string of the molecule is CC(C)C(O)C(C)(C)CNC(=O)C(Cc1ccccc1)n1cnnn1. The van der Waals surface area contributed by atoms with Crippen molar-refractivity contribution >= 4 is 5.91 Å². The van der Waals surface area contributed by atoms with E-state index in [0.29, 0.717) is 13.0 Å². The van der Waals surface area contributed by atoms with Gasteiger partial charge in [-0.15, -0.1) is 5.10 Å². The minimum Gasteiger partial charge on any atom is -0.392 e. The maximum absolute atomic E-state index is 12.8. The summed E-state index contributed by atoms with van der Waals surface area (Å²) < 4.78 is 1.47. The number of aliphatic hydroxyl groups is 1. The lowest BCUT2D eigenvalue weighted by Crippen LogP contribution is -2.45. The van der Waals surface area contributed by atoms with Crippen LogP contribution in [0.25, 0.3) is 0 Å². The molecule has 0 aliphatic heterocycles. The lowest BCUT2D eigenvalue weighted by molar-refractivity contribution is -0.125. The summed E-state index contributed by atoms with van der Waals surface area (Å²) in [5, 5.41) is 24.5. The van der Waals surface area contributed by atoms with Crippen molar-refractivity contribution in [2.24, 2.45) is 11.3 Å². The number of hydrogen-bond acceptors (Lipinski definition) is 5. The van der Waals surface area contributed by atoms with Crippen molar-refractivity contribution < 1.29 is 9.90 Å². The Labute approximate surface area is 148 Å². The average molecular weight is 345 g/mol. The van der Waals surface area contributed by atoms with Gasteiger partial charge in [-0.1, -0.05) is 58.0 Å². The molecule has 2 N–H and O–H groups in total. The number of aromatic nitrogens is 4. The highest BCUT2D eigenvalue weighted by Crippen LogP contribution is 2.25. The zero-order valence-electron chi connectivity index (χ0n) is 15.3. The van der Waals surface area contributed by atoms with Gasteiger partial charge in [0.2, 0.25) is 5.91 Å². The first-order valence-corrected chi connectivity index (χ1v) is 8.53. The lowest BCUT2D eigenvalue weighted by Gasteiger charge is -2.33. The molecule has 7 heteroatoms. The van der Waals surface area contributed by atoms with Crippen molar-refractivity contribution in [3.8, 4) is 0 Å². The van der Waals surface area contributed by atoms with E-state index in [2.05, 4.69) is 20.8 Å². The fourth-order valence-electron chi connectivity index (χ4n) is 2.89. The molecular formula is C18H27N5O2. The lowest BCUT2D eigenvalue weighted by atomic mass is 9.80. The van der Waals surface area contributed by atoms with Gasteiger partial charge in [-0.3, -0.25) is 4.79 Å². The minimum atomic E-state index is -0.538. The molecule has 1 amide bonds. The van der Waals surface area contributed by atoms with Gasteiger partial charge in [0.15, 0.2) is 0 Å². The first-order valence-electron chi connectivity index (χ1n) is 8.53. The van der Waals surface area contributed by atoms with E-state index in [0.717, 1.165) is 5.56 Å². The van der Waals surface area contributed by atoms with Crippen molar-refractivity contribution in [2.75, 3.05) is 6.54 Å². The van der Waals surface area contributed by atoms with E-state index >= 15 is 0 Å². The zero-order valence-corrected chi connectivity index (χ0v) is 15.3. The Hall–Kier alpha value is -2.28. The molecule has 2 rings (SSSR count). The number of rotatable bonds is 8. The van der Waals surface area contributed by atoms with E-state index in [1.165, 1.54) is 11.0 Å². The Morgan fingerprint density at radius 2 is 1.96 bits per heavy atom. The Balaban J connectivity index is 2.08. The molecule has 0 fully saturated rings. The second-order valence-corrected chi connectivity index (χ2v) is 7.39. The van der Waals surface area contributed by atoms with Gasteiger partial charge >= 0.3 is 0 Å². The van der Waals surface area contributed by atoms with Crippen molar-refractivity contribution in [3.05, 3.63) is 42.2 Å². The summed E-state index contributed by atoms with van der Waals surface area (Å²) in [5.41, 5.74) is 0.599. The Bertz CT molecular complexity index is 655. The van der Waals surface area contributed by atoms with E-state index in [4.69, 9.17) is 0 Å². The molecule has 0 aliphatic rings. The highest BCUT2D eigenvalue weighted by molar-refractivity contribution is 5.80. The predicted octanol–water partition coefficient (Wildman–Crippen LogP) is 1.62. The molecule has 0 spiro atoms. The molecule has 136 valence electrons. The quantitative estimate of drug-likeness (QED) is 0.758. The van der Waals surface area contributed by atoms with Gasteiger partial charge in [-0.05, 0) is 21.9 Å². The van der Waals surface area contributed by atoms with Crippen LogP contribution in [0.2, 0.25) is 0 Å². The summed E-state index contributed by atoms with van der Waals surface area (Å²) in [4.78, 5) is 12.8. The van der Waals surface area contributed by atoms with Crippen LogP contribution in [-0.4, -0.2) is 43.9 Å². The van der Waals surface area contributed by atoms with E-state index in [1.54, 1.807) is 0 Å². The van der Waals surface area contributed by atoms with Crippen LogP contribution in [0, 0.1) is 11.3 Å². The Morgan fingerprint density at radius 1 is 1.28 bits per heavy atom. The van der Waals surface area contributed by atoms with Crippen LogP contribution < -0.4 is 5.32 Å². The molecule has 0 radical (unpaired) electrons. The van der Waals surface area contributed by atoms with E-state index in [-0.39, 0.29) is 11.8 Å². The molecule has 0 saturated heterocycles. The third-order valence-electron chi connectivity index (χ3n) is 4.41. The van der Waals surface area contributed by atoms with Crippen molar-refractivity contribution in [1.29, 1.82) is 0 Å². The van der Waals surface area contributed by atoms with Gasteiger partial charge in [0.1, 0.15) is 12.4 Å². The van der Waals surface area contributed by atoms with Gasteiger partial charge < -0.3 is 10.4 Å². The summed E-state index contributed by atoms with van der Waals surface area (Å²) >= 11 is 0. The fraction of sp³-hybridized carbons (Fsp3) is 0.556. The maximum Gasteiger partial charge on any atom is 0.245 e. The third kappa shape index (κ3) is 5.09. The summed E-state index contributed by atoms with van der Waals surface area (Å²) in [6, 6.07) is 9.21. The van der Waals surface area contributed by atoms with Crippen LogP contribution >= 0.6 is 0 Å². The standard InChI is InChI=1S/C18H27N5O2/c1-13(2)16(24)18(3,4)11-19-17(25)15(23-12-20-21-22-23)10-14-8-6-5-7-9-14/h5-9,12-13,15-16,24H,10-11H2,1-4H3,(H,19,25). The molecule has 2 atom stereocenters. The summed E-state index contributed by atoms with van der Waals surface area (Å²) in [7, 11) is 0. The molecule has 0 saturated carbocycles. The smallest absolute Gasteiger partial charge is 0.245 e. The summed E-state index contributed by atoms with van der Waals surface area (Å²) in [5.74, 6) is -0.0493. The molecule has 1 aromatic heterocycles. The highest BCUT2D eigenvalue weighted by atomic mass is 16.3. The maximum atomic E-state index is 12.8. The number of benzene rings is 1. The number of amides is 1. The number of tetrazole rings is 1. The van der Waals surface area contributed by atoms with Crippen LogP contribution in [0.1, 0.15) is 39.3 Å². The molecule has 0 aliphatic carbocycles. The van der Waals surface area contributed by atoms with Crippen LogP contribution in [0.4, 0.5) is 0 Å². The third-order valence-corrected chi connectivity index (χ3v) is 4.41. The molecule has 25 heavy (non-hydrogen) atoms. The molecular weight excluding hydrogens is 318 g/mol. The zero-order chi connectivity index (χ0) is 18.4. The number of nitrogens with one attached hydrogen (secondary N) is 1. The van der Waals surface area contributed by atoms with Crippen LogP contribution in [0.15, 0.2) is 36.7 Å². The highest BCUT2D eigenvalue weighted by Gasteiger charge is 2.32. The molecule has 7 nitrogen and oxygen atoms in total. The van der Waals surface area contributed by atoms with Crippen LogP contribution in [0.3, 0.4) is 0 Å².